The molecule has 3 rings (SSSR count). The Morgan fingerprint density at radius 3 is 2.71 bits per heavy atom. The zero-order chi connectivity index (χ0) is 14.7. The normalized spacial score (nSPS) is 19.6. The van der Waals surface area contributed by atoms with E-state index in [-0.39, 0.29) is 0 Å². The lowest BCUT2D eigenvalue weighted by Gasteiger charge is -2.36. The second-order valence-electron chi connectivity index (χ2n) is 5.87. The highest BCUT2D eigenvalue weighted by molar-refractivity contribution is 7.71. The van der Waals surface area contributed by atoms with Gasteiger partial charge in [0, 0.05) is 18.3 Å². The Morgan fingerprint density at radius 2 is 1.95 bits per heavy atom. The van der Waals surface area contributed by atoms with Crippen molar-refractivity contribution < 1.29 is 0 Å². The Hall–Kier alpha value is -1.45. The fourth-order valence-electron chi connectivity index (χ4n) is 3.30. The van der Waals surface area contributed by atoms with E-state index >= 15 is 0 Å². The van der Waals surface area contributed by atoms with Gasteiger partial charge in [-0.1, -0.05) is 55.0 Å². The van der Waals surface area contributed by atoms with Gasteiger partial charge in [-0.2, -0.15) is 0 Å². The fraction of sp³-hybridized carbons (Fsp3) is 0.389. The topological polar surface area (TPSA) is 19.0 Å². The number of likely N-dealkylation sites (tertiary alicyclic amines) is 1. The molecule has 1 aromatic carbocycles. The summed E-state index contributed by atoms with van der Waals surface area (Å²) in [6, 6.07) is 15.5. The van der Waals surface area contributed by atoms with Crippen molar-refractivity contribution in [3.63, 3.8) is 0 Å². The highest BCUT2D eigenvalue weighted by atomic mass is 32.1. The molecule has 110 valence electrons. The number of rotatable bonds is 3. The van der Waals surface area contributed by atoms with Crippen LogP contribution in [0.2, 0.25) is 0 Å². The second kappa shape index (κ2) is 6.54. The van der Waals surface area contributed by atoms with Gasteiger partial charge in [-0.25, -0.2) is 0 Å². The van der Waals surface area contributed by atoms with Crippen molar-refractivity contribution in [1.29, 1.82) is 0 Å². The van der Waals surface area contributed by atoms with Crippen LogP contribution in [-0.2, 0) is 6.54 Å². The predicted molar refractivity (Wildman–Crippen MR) is 89.8 cm³/mol. The van der Waals surface area contributed by atoms with Crippen LogP contribution in [-0.4, -0.2) is 16.4 Å². The maximum Gasteiger partial charge on any atom is 0.103 e. The van der Waals surface area contributed by atoms with Crippen molar-refractivity contribution in [2.45, 2.75) is 38.8 Å². The minimum absolute atomic E-state index is 0.505. The summed E-state index contributed by atoms with van der Waals surface area (Å²) in [5.41, 5.74) is 4.01. The van der Waals surface area contributed by atoms with E-state index in [0.717, 1.165) is 11.2 Å². The van der Waals surface area contributed by atoms with Gasteiger partial charge < -0.3 is 4.98 Å². The minimum atomic E-state index is 0.505. The number of H-pyrrole nitrogens is 1. The maximum atomic E-state index is 5.23. The number of pyridine rings is 1. The van der Waals surface area contributed by atoms with Crippen molar-refractivity contribution >= 4 is 12.2 Å². The van der Waals surface area contributed by atoms with Gasteiger partial charge >= 0.3 is 0 Å². The highest BCUT2D eigenvalue weighted by Crippen LogP contribution is 2.33. The molecular weight excluding hydrogens is 276 g/mol. The van der Waals surface area contributed by atoms with E-state index < -0.39 is 0 Å². The molecule has 2 aromatic rings. The number of benzene rings is 1. The molecule has 0 saturated carbocycles. The minimum Gasteiger partial charge on any atom is -0.350 e. The first-order valence-corrected chi connectivity index (χ1v) is 8.12. The number of aryl methyl sites for hydroxylation is 1. The molecule has 1 saturated heterocycles. The van der Waals surface area contributed by atoms with Crippen LogP contribution < -0.4 is 0 Å². The van der Waals surface area contributed by atoms with E-state index in [9.17, 15) is 0 Å². The molecule has 3 heteroatoms. The van der Waals surface area contributed by atoms with Crippen molar-refractivity contribution in [2.24, 2.45) is 0 Å². The predicted octanol–water partition coefficient (Wildman–Crippen LogP) is 4.78. The Morgan fingerprint density at radius 1 is 1.14 bits per heavy atom. The quantitative estimate of drug-likeness (QED) is 0.822. The standard InChI is InChI=1S/C18H22N2S/c1-14-16(10-11-18(21)19-14)17-9-5-6-12-20(17)13-15-7-3-2-4-8-15/h2-4,7-8,10-11,17H,5-6,9,12-13H2,1H3,(H,19,21)/t17-/m1/s1. The van der Waals surface area contributed by atoms with Crippen molar-refractivity contribution in [1.82, 2.24) is 9.88 Å². The molecule has 0 bridgehead atoms. The van der Waals surface area contributed by atoms with Gasteiger partial charge in [0.2, 0.25) is 0 Å². The molecule has 0 amide bonds. The molecule has 2 heterocycles. The molecule has 0 aliphatic carbocycles. The van der Waals surface area contributed by atoms with Crippen molar-refractivity contribution in [2.75, 3.05) is 6.54 Å². The van der Waals surface area contributed by atoms with Gasteiger partial charge in [0.25, 0.3) is 0 Å². The largest absolute Gasteiger partial charge is 0.350 e. The third kappa shape index (κ3) is 3.42. The summed E-state index contributed by atoms with van der Waals surface area (Å²) in [7, 11) is 0. The Labute approximate surface area is 131 Å². The Kier molecular flexibility index (Phi) is 4.51. The van der Waals surface area contributed by atoms with E-state index in [1.165, 1.54) is 42.6 Å². The summed E-state index contributed by atoms with van der Waals surface area (Å²) in [5, 5.41) is 0. The lowest BCUT2D eigenvalue weighted by atomic mass is 9.94. The third-order valence-corrected chi connectivity index (χ3v) is 4.60. The zero-order valence-corrected chi connectivity index (χ0v) is 13.3. The van der Waals surface area contributed by atoms with Crippen LogP contribution in [0.1, 0.15) is 42.1 Å². The average molecular weight is 298 g/mol. The first-order chi connectivity index (χ1) is 10.2. The number of aromatic amines is 1. The van der Waals surface area contributed by atoms with Crippen LogP contribution in [0.15, 0.2) is 42.5 Å². The number of nitrogens with zero attached hydrogens (tertiary/aromatic N) is 1. The van der Waals surface area contributed by atoms with Gasteiger partial charge in [0.05, 0.1) is 0 Å². The summed E-state index contributed by atoms with van der Waals surface area (Å²) in [4.78, 5) is 5.92. The van der Waals surface area contributed by atoms with Crippen LogP contribution in [0.3, 0.4) is 0 Å². The van der Waals surface area contributed by atoms with Gasteiger partial charge in [-0.05, 0) is 43.5 Å². The molecule has 1 atom stereocenters. The number of nitrogens with one attached hydrogen (secondary N) is 1. The molecule has 1 N–H and O–H groups in total. The number of hydrogen-bond acceptors (Lipinski definition) is 2. The molecule has 1 aliphatic rings. The zero-order valence-electron chi connectivity index (χ0n) is 12.5. The van der Waals surface area contributed by atoms with Gasteiger partial charge in [-0.3, -0.25) is 4.90 Å². The SMILES string of the molecule is Cc1[nH]c(=S)ccc1[C@H]1CCCCN1Cc1ccccc1. The maximum absolute atomic E-state index is 5.23. The summed E-state index contributed by atoms with van der Waals surface area (Å²) < 4.78 is 0.821. The molecule has 2 nitrogen and oxygen atoms in total. The molecule has 21 heavy (non-hydrogen) atoms. The van der Waals surface area contributed by atoms with E-state index in [0.29, 0.717) is 6.04 Å². The smallest absolute Gasteiger partial charge is 0.103 e. The molecule has 1 fully saturated rings. The average Bonchev–Trinajstić information content (AvgIpc) is 2.49. The molecule has 0 spiro atoms. The lowest BCUT2D eigenvalue weighted by Crippen LogP contribution is -2.33. The lowest BCUT2D eigenvalue weighted by molar-refractivity contribution is 0.139. The highest BCUT2D eigenvalue weighted by Gasteiger charge is 2.25. The second-order valence-corrected chi connectivity index (χ2v) is 6.31. The van der Waals surface area contributed by atoms with E-state index in [4.69, 9.17) is 12.2 Å². The summed E-state index contributed by atoms with van der Waals surface area (Å²) in [6.45, 7) is 4.34. The monoisotopic (exact) mass is 298 g/mol. The molecular formula is C18H22N2S. The first kappa shape index (κ1) is 14.5. The van der Waals surface area contributed by atoms with Crippen molar-refractivity contribution in [3.8, 4) is 0 Å². The number of piperidine rings is 1. The number of aromatic nitrogens is 1. The van der Waals surface area contributed by atoms with Crippen LogP contribution >= 0.6 is 12.2 Å². The number of hydrogen-bond donors (Lipinski definition) is 1. The molecule has 0 unspecified atom stereocenters. The summed E-state index contributed by atoms with van der Waals surface area (Å²) in [5.74, 6) is 0. The Bertz CT molecular complexity index is 648. The molecule has 1 aromatic heterocycles. The van der Waals surface area contributed by atoms with Gasteiger partial charge in [0.1, 0.15) is 4.64 Å². The summed E-state index contributed by atoms with van der Waals surface area (Å²) in [6.07, 6.45) is 3.84. The van der Waals surface area contributed by atoms with E-state index in [2.05, 4.69) is 53.2 Å². The van der Waals surface area contributed by atoms with Crippen LogP contribution in [0, 0.1) is 11.6 Å². The first-order valence-electron chi connectivity index (χ1n) is 7.72. The van der Waals surface area contributed by atoms with Crippen molar-refractivity contribution in [3.05, 3.63) is 63.9 Å². The fourth-order valence-corrected chi connectivity index (χ4v) is 3.52. The van der Waals surface area contributed by atoms with E-state index in [1.54, 1.807) is 0 Å². The molecule has 1 aliphatic heterocycles. The van der Waals surface area contributed by atoms with Gasteiger partial charge in [-0.15, -0.1) is 0 Å². The Balaban J connectivity index is 1.86. The van der Waals surface area contributed by atoms with E-state index in [1.807, 2.05) is 6.07 Å². The molecule has 0 radical (unpaired) electrons. The van der Waals surface area contributed by atoms with Crippen LogP contribution in [0.25, 0.3) is 0 Å². The summed E-state index contributed by atoms with van der Waals surface area (Å²) >= 11 is 5.23. The van der Waals surface area contributed by atoms with Crippen LogP contribution in [0.5, 0.6) is 0 Å². The van der Waals surface area contributed by atoms with Gasteiger partial charge in [0.15, 0.2) is 0 Å². The van der Waals surface area contributed by atoms with Crippen LogP contribution in [0.4, 0.5) is 0 Å². The third-order valence-electron chi connectivity index (χ3n) is 4.36.